The second-order valence-corrected chi connectivity index (χ2v) is 6.20. The van der Waals surface area contributed by atoms with Gasteiger partial charge in [-0.25, -0.2) is 4.99 Å². The van der Waals surface area contributed by atoms with Crippen molar-refractivity contribution in [3.8, 4) is 5.88 Å². The Kier molecular flexibility index (Phi) is 4.43. The number of aliphatic hydroxyl groups is 2. The molecule has 0 bridgehead atoms. The molecule has 0 aliphatic carbocycles. The van der Waals surface area contributed by atoms with Gasteiger partial charge in [-0.1, -0.05) is 41.0 Å². The zero-order valence-corrected chi connectivity index (χ0v) is 14.3. The van der Waals surface area contributed by atoms with Crippen molar-refractivity contribution in [2.45, 2.75) is 6.10 Å². The van der Waals surface area contributed by atoms with Crippen molar-refractivity contribution >= 4 is 41.3 Å². The van der Waals surface area contributed by atoms with Crippen molar-refractivity contribution in [1.29, 1.82) is 0 Å². The maximum Gasteiger partial charge on any atom is 0.199 e. The van der Waals surface area contributed by atoms with Crippen LogP contribution in [0, 0.1) is 0 Å². The molecule has 0 amide bonds. The van der Waals surface area contributed by atoms with Gasteiger partial charge in [-0.3, -0.25) is 0 Å². The number of aliphatic hydroxyl groups excluding tert-OH is 2. The number of nitrogens with zero attached hydrogens (tertiary/aromatic N) is 2. The Morgan fingerprint density at radius 2 is 2.04 bits per heavy atom. The molecule has 2 aromatic carbocycles. The molecule has 1 unspecified atom stereocenters. The number of H-pyrrole nitrogens is 1. The average Bonchev–Trinajstić information content (AvgIpc) is 3.17. The summed E-state index contributed by atoms with van der Waals surface area (Å²) in [5.74, 6) is -0.0507. The Morgan fingerprint density at radius 3 is 2.85 bits per heavy atom. The number of hydrogen-bond donors (Lipinski definition) is 4. The van der Waals surface area contributed by atoms with Crippen molar-refractivity contribution in [1.82, 2.24) is 4.98 Å². The van der Waals surface area contributed by atoms with Crippen LogP contribution in [-0.4, -0.2) is 58.9 Å². The number of rotatable bonds is 5. The molecule has 1 aliphatic heterocycles. The normalized spacial score (nSPS) is 15.8. The number of benzene rings is 2. The largest absolute Gasteiger partial charge is 0.494 e. The first-order valence-corrected chi connectivity index (χ1v) is 8.36. The van der Waals surface area contributed by atoms with Crippen LogP contribution in [0.5, 0.6) is 5.88 Å². The van der Waals surface area contributed by atoms with Gasteiger partial charge in [0.2, 0.25) is 0 Å². The third-order valence-corrected chi connectivity index (χ3v) is 4.29. The number of aliphatic imine (C=N–C) groups is 1. The zero-order chi connectivity index (χ0) is 19.0. The van der Waals surface area contributed by atoms with Crippen molar-refractivity contribution in [2.75, 3.05) is 13.2 Å². The summed E-state index contributed by atoms with van der Waals surface area (Å²) in [5, 5.41) is 33.7. The molecule has 1 atom stereocenters. The highest BCUT2D eigenvalue weighted by Gasteiger charge is 2.29. The van der Waals surface area contributed by atoms with Crippen LogP contribution < -0.4 is 5.46 Å². The lowest BCUT2D eigenvalue weighted by molar-refractivity contribution is 0.00858. The van der Waals surface area contributed by atoms with Crippen molar-refractivity contribution in [3.05, 3.63) is 53.6 Å². The number of fused-ring (bicyclic) bond motifs is 2. The predicted molar refractivity (Wildman–Crippen MR) is 104 cm³/mol. The minimum absolute atomic E-state index is 0.0507. The first kappa shape index (κ1) is 17.3. The van der Waals surface area contributed by atoms with Gasteiger partial charge in [0, 0.05) is 16.5 Å². The summed E-state index contributed by atoms with van der Waals surface area (Å²) in [5.41, 5.74) is 4.06. The molecule has 8 heteroatoms. The lowest BCUT2D eigenvalue weighted by atomic mass is 9.94. The highest BCUT2D eigenvalue weighted by Crippen LogP contribution is 2.35. The molecule has 0 saturated carbocycles. The molecular weight excluding hydrogens is 345 g/mol. The lowest BCUT2D eigenvalue weighted by Crippen LogP contribution is -2.19. The van der Waals surface area contributed by atoms with Gasteiger partial charge in [0.1, 0.15) is 32.0 Å². The molecule has 2 heterocycles. The Hall–Kier alpha value is -3.10. The monoisotopic (exact) mass is 361 g/mol. The molecule has 3 aromatic rings. The zero-order valence-electron chi connectivity index (χ0n) is 14.3. The fourth-order valence-corrected chi connectivity index (χ4v) is 3.02. The summed E-state index contributed by atoms with van der Waals surface area (Å²) in [4.78, 5) is 12.7. The first-order valence-electron chi connectivity index (χ1n) is 8.36. The van der Waals surface area contributed by atoms with Crippen LogP contribution in [-0.2, 0) is 4.84 Å². The number of aromatic amines is 1. The number of hydrogen-bond acceptors (Lipinski definition) is 6. The average molecular weight is 361 g/mol. The number of aromatic hydroxyl groups is 1. The molecule has 4 rings (SSSR count). The van der Waals surface area contributed by atoms with Crippen LogP contribution in [0.25, 0.3) is 10.9 Å². The SMILES string of the molecule is [B]c1ccc2c(C3=Nc4ccccc4/C3=N\OCC(O)CO)c(O)[nH]c2c1. The molecule has 27 heavy (non-hydrogen) atoms. The topological polar surface area (TPSA) is 110 Å². The summed E-state index contributed by atoms with van der Waals surface area (Å²) in [6.45, 7) is -0.584. The van der Waals surface area contributed by atoms with E-state index in [2.05, 4.69) is 15.1 Å². The number of nitrogens with one attached hydrogen (secondary N) is 1. The quantitative estimate of drug-likeness (QED) is 0.399. The minimum Gasteiger partial charge on any atom is -0.494 e. The van der Waals surface area contributed by atoms with Gasteiger partial charge in [0.05, 0.1) is 17.9 Å². The molecule has 2 radical (unpaired) electrons. The number of para-hydroxylation sites is 1. The van der Waals surface area contributed by atoms with E-state index in [0.29, 0.717) is 33.7 Å². The van der Waals surface area contributed by atoms with Gasteiger partial charge < -0.3 is 25.1 Å². The fourth-order valence-electron chi connectivity index (χ4n) is 3.02. The van der Waals surface area contributed by atoms with E-state index in [1.54, 1.807) is 18.2 Å². The Morgan fingerprint density at radius 1 is 1.22 bits per heavy atom. The van der Waals surface area contributed by atoms with Crippen molar-refractivity contribution in [3.63, 3.8) is 0 Å². The van der Waals surface area contributed by atoms with Gasteiger partial charge in [-0.05, 0) is 12.1 Å². The second kappa shape index (κ2) is 6.90. The van der Waals surface area contributed by atoms with E-state index in [-0.39, 0.29) is 12.5 Å². The molecule has 0 saturated heterocycles. The maximum atomic E-state index is 10.5. The smallest absolute Gasteiger partial charge is 0.199 e. The highest BCUT2D eigenvalue weighted by atomic mass is 16.6. The van der Waals surface area contributed by atoms with E-state index < -0.39 is 12.7 Å². The summed E-state index contributed by atoms with van der Waals surface area (Å²) >= 11 is 0. The Balaban J connectivity index is 1.81. The predicted octanol–water partition coefficient (Wildman–Crippen LogP) is 0.876. The summed E-state index contributed by atoms with van der Waals surface area (Å²) in [6, 6.07) is 12.7. The fraction of sp³-hybridized carbons (Fsp3) is 0.158. The molecule has 1 aromatic heterocycles. The minimum atomic E-state index is -1.03. The van der Waals surface area contributed by atoms with Gasteiger partial charge in [-0.15, -0.1) is 0 Å². The van der Waals surface area contributed by atoms with Crippen LogP contribution >= 0.6 is 0 Å². The van der Waals surface area contributed by atoms with E-state index in [4.69, 9.17) is 17.8 Å². The summed E-state index contributed by atoms with van der Waals surface area (Å²) < 4.78 is 0. The summed E-state index contributed by atoms with van der Waals surface area (Å²) in [6.07, 6.45) is -1.03. The van der Waals surface area contributed by atoms with Gasteiger partial charge in [-0.2, -0.15) is 0 Å². The van der Waals surface area contributed by atoms with Gasteiger partial charge in [0.25, 0.3) is 0 Å². The lowest BCUT2D eigenvalue weighted by Gasteiger charge is -2.07. The number of aromatic nitrogens is 1. The van der Waals surface area contributed by atoms with Crippen LogP contribution in [0.15, 0.2) is 52.6 Å². The molecule has 4 N–H and O–H groups in total. The van der Waals surface area contributed by atoms with Gasteiger partial charge in [0.15, 0.2) is 5.88 Å². The van der Waals surface area contributed by atoms with Gasteiger partial charge >= 0.3 is 0 Å². The number of oxime groups is 1. The van der Waals surface area contributed by atoms with Crippen molar-refractivity contribution in [2.24, 2.45) is 10.1 Å². The standard InChI is InChI=1S/C19H16BN3O4/c20-10-5-6-12-15(7-10)22-19(26)16(12)18-17(23-27-9-11(25)8-24)13-3-1-2-4-14(13)21-18/h1-7,11,22,24-26H,8-9H2/b23-17+. The van der Waals surface area contributed by atoms with Crippen LogP contribution in [0.2, 0.25) is 0 Å². The van der Waals surface area contributed by atoms with Crippen LogP contribution in [0.1, 0.15) is 11.1 Å². The van der Waals surface area contributed by atoms with E-state index in [0.717, 1.165) is 10.9 Å². The summed E-state index contributed by atoms with van der Waals surface area (Å²) in [7, 11) is 5.82. The van der Waals surface area contributed by atoms with E-state index in [9.17, 15) is 10.2 Å². The highest BCUT2D eigenvalue weighted by molar-refractivity contribution is 6.58. The first-order chi connectivity index (χ1) is 13.1. The maximum absolute atomic E-state index is 10.5. The molecule has 134 valence electrons. The molecule has 7 nitrogen and oxygen atoms in total. The molecule has 0 spiro atoms. The molecule has 0 fully saturated rings. The molecule has 1 aliphatic rings. The third kappa shape index (κ3) is 3.09. The second-order valence-electron chi connectivity index (χ2n) is 6.20. The Labute approximate surface area is 156 Å². The van der Waals surface area contributed by atoms with Crippen LogP contribution in [0.3, 0.4) is 0 Å². The van der Waals surface area contributed by atoms with Crippen molar-refractivity contribution < 1.29 is 20.2 Å². The van der Waals surface area contributed by atoms with E-state index in [1.165, 1.54) is 0 Å². The molecular formula is C19H16BN3O4. The van der Waals surface area contributed by atoms with Crippen LogP contribution in [0.4, 0.5) is 5.69 Å². The third-order valence-electron chi connectivity index (χ3n) is 4.29. The van der Waals surface area contributed by atoms with E-state index >= 15 is 0 Å². The van der Waals surface area contributed by atoms with E-state index in [1.807, 2.05) is 24.3 Å². The Bertz CT molecular complexity index is 1070.